The van der Waals surface area contributed by atoms with Gasteiger partial charge in [-0.15, -0.1) is 0 Å². The van der Waals surface area contributed by atoms with Gasteiger partial charge in [0.2, 0.25) is 0 Å². The molecule has 1 aromatic rings. The van der Waals surface area contributed by atoms with Crippen LogP contribution in [0.1, 0.15) is 38.7 Å². The summed E-state index contributed by atoms with van der Waals surface area (Å²) in [5.41, 5.74) is 7.68. The summed E-state index contributed by atoms with van der Waals surface area (Å²) in [7, 11) is 0. The third-order valence-corrected chi connectivity index (χ3v) is 4.87. The number of piperidine rings is 1. The van der Waals surface area contributed by atoms with Crippen LogP contribution < -0.4 is 5.73 Å². The molecular formula is C18H30N2O. The lowest BCUT2D eigenvalue weighted by atomic mass is 9.84. The number of nitrogens with two attached hydrogens (primary N) is 1. The molecule has 1 aliphatic heterocycles. The quantitative estimate of drug-likeness (QED) is 0.839. The van der Waals surface area contributed by atoms with Crippen molar-refractivity contribution in [3.8, 4) is 0 Å². The summed E-state index contributed by atoms with van der Waals surface area (Å²) in [6, 6.07) is 10.7. The lowest BCUT2D eigenvalue weighted by molar-refractivity contribution is -0.0340. The number of hydrogen-bond acceptors (Lipinski definition) is 3. The van der Waals surface area contributed by atoms with E-state index in [-0.39, 0.29) is 5.54 Å². The van der Waals surface area contributed by atoms with Crippen molar-refractivity contribution in [3.63, 3.8) is 0 Å². The van der Waals surface area contributed by atoms with Crippen LogP contribution in [0.15, 0.2) is 30.3 Å². The summed E-state index contributed by atoms with van der Waals surface area (Å²) in [6.45, 7) is 8.02. The van der Waals surface area contributed by atoms with Crippen LogP contribution in [0, 0.1) is 0 Å². The molecule has 21 heavy (non-hydrogen) atoms. The number of likely N-dealkylation sites (tertiary alicyclic amines) is 1. The predicted octanol–water partition coefficient (Wildman–Crippen LogP) is 2.84. The van der Waals surface area contributed by atoms with Crippen LogP contribution in [-0.4, -0.2) is 42.8 Å². The second-order valence-corrected chi connectivity index (χ2v) is 6.11. The van der Waals surface area contributed by atoms with E-state index >= 15 is 0 Å². The molecule has 1 aromatic carbocycles. The average Bonchev–Trinajstić information content (AvgIpc) is 2.54. The second-order valence-electron chi connectivity index (χ2n) is 6.11. The Morgan fingerprint density at radius 1 is 1.29 bits per heavy atom. The minimum absolute atomic E-state index is 0.0666. The van der Waals surface area contributed by atoms with Gasteiger partial charge in [-0.1, -0.05) is 37.3 Å². The van der Waals surface area contributed by atoms with Crippen LogP contribution >= 0.6 is 0 Å². The Labute approximate surface area is 129 Å². The minimum atomic E-state index is 0.0666. The Morgan fingerprint density at radius 3 is 2.67 bits per heavy atom. The first-order chi connectivity index (χ1) is 10.2. The summed E-state index contributed by atoms with van der Waals surface area (Å²) < 4.78 is 5.86. The van der Waals surface area contributed by atoms with Crippen LogP contribution in [0.2, 0.25) is 0 Å². The van der Waals surface area contributed by atoms with E-state index in [1.165, 1.54) is 18.4 Å². The van der Waals surface area contributed by atoms with Gasteiger partial charge in [0.25, 0.3) is 0 Å². The molecule has 3 heteroatoms. The highest BCUT2D eigenvalue weighted by Gasteiger charge is 2.37. The highest BCUT2D eigenvalue weighted by atomic mass is 16.5. The maximum absolute atomic E-state index is 6.23. The maximum Gasteiger partial charge on any atom is 0.0702 e. The molecule has 0 saturated carbocycles. The fraction of sp³-hybridized carbons (Fsp3) is 0.667. The molecule has 0 amide bonds. The monoisotopic (exact) mass is 290 g/mol. The number of nitrogens with zero attached hydrogens (tertiary/aromatic N) is 1. The number of ether oxygens (including phenoxy) is 1. The second kappa shape index (κ2) is 7.92. The van der Waals surface area contributed by atoms with Gasteiger partial charge in [-0.2, -0.15) is 0 Å². The van der Waals surface area contributed by atoms with Gasteiger partial charge in [-0.05, 0) is 44.7 Å². The first kappa shape index (κ1) is 16.5. The van der Waals surface area contributed by atoms with Crippen LogP contribution in [0.25, 0.3) is 0 Å². The first-order valence-electron chi connectivity index (χ1n) is 8.34. The van der Waals surface area contributed by atoms with Crippen molar-refractivity contribution in [2.45, 2.75) is 51.2 Å². The van der Waals surface area contributed by atoms with Crippen LogP contribution in [0.5, 0.6) is 0 Å². The molecule has 2 unspecified atom stereocenters. The van der Waals surface area contributed by atoms with E-state index in [0.717, 1.165) is 32.5 Å². The molecule has 0 aromatic heterocycles. The topological polar surface area (TPSA) is 38.5 Å². The van der Waals surface area contributed by atoms with Crippen molar-refractivity contribution in [2.75, 3.05) is 26.2 Å². The Bertz CT molecular complexity index is 401. The van der Waals surface area contributed by atoms with Gasteiger partial charge in [0.05, 0.1) is 6.10 Å². The third kappa shape index (κ3) is 4.06. The van der Waals surface area contributed by atoms with Crippen LogP contribution in [0.4, 0.5) is 0 Å². The average molecular weight is 290 g/mol. The lowest BCUT2D eigenvalue weighted by Crippen LogP contribution is -2.59. The van der Waals surface area contributed by atoms with Gasteiger partial charge in [0.15, 0.2) is 0 Å². The molecule has 0 aliphatic carbocycles. The zero-order valence-electron chi connectivity index (χ0n) is 13.6. The van der Waals surface area contributed by atoms with Crippen molar-refractivity contribution in [3.05, 3.63) is 35.9 Å². The smallest absolute Gasteiger partial charge is 0.0702 e. The molecule has 118 valence electrons. The summed E-state index contributed by atoms with van der Waals surface area (Å²) >= 11 is 0. The maximum atomic E-state index is 6.23. The van der Waals surface area contributed by atoms with Gasteiger partial charge in [0.1, 0.15) is 0 Å². The summed E-state index contributed by atoms with van der Waals surface area (Å²) in [5.74, 6) is 0. The molecule has 0 radical (unpaired) electrons. The van der Waals surface area contributed by atoms with Gasteiger partial charge < -0.3 is 10.5 Å². The van der Waals surface area contributed by atoms with E-state index in [1.54, 1.807) is 0 Å². The molecular weight excluding hydrogens is 260 g/mol. The summed E-state index contributed by atoms with van der Waals surface area (Å²) in [6.07, 6.45) is 4.87. The van der Waals surface area contributed by atoms with E-state index < -0.39 is 0 Å². The summed E-state index contributed by atoms with van der Waals surface area (Å²) in [4.78, 5) is 2.59. The van der Waals surface area contributed by atoms with E-state index in [4.69, 9.17) is 10.5 Å². The van der Waals surface area contributed by atoms with Gasteiger partial charge >= 0.3 is 0 Å². The lowest BCUT2D eigenvalue weighted by Gasteiger charge is -2.47. The third-order valence-electron chi connectivity index (χ3n) is 4.87. The van der Waals surface area contributed by atoms with E-state index in [0.29, 0.717) is 12.6 Å². The van der Waals surface area contributed by atoms with Crippen molar-refractivity contribution >= 4 is 0 Å². The van der Waals surface area contributed by atoms with Crippen molar-refractivity contribution in [2.24, 2.45) is 5.73 Å². The van der Waals surface area contributed by atoms with Crippen LogP contribution in [0.3, 0.4) is 0 Å². The Balaban J connectivity index is 2.12. The minimum Gasteiger partial charge on any atom is -0.377 e. The highest BCUT2D eigenvalue weighted by Crippen LogP contribution is 2.28. The number of rotatable bonds is 7. The molecule has 2 rings (SSSR count). The number of hydrogen-bond donors (Lipinski definition) is 1. The van der Waals surface area contributed by atoms with Crippen molar-refractivity contribution in [1.82, 2.24) is 4.90 Å². The van der Waals surface area contributed by atoms with Crippen LogP contribution in [-0.2, 0) is 11.2 Å². The fourth-order valence-electron chi connectivity index (χ4n) is 3.52. The molecule has 0 spiro atoms. The van der Waals surface area contributed by atoms with Crippen molar-refractivity contribution in [1.29, 1.82) is 0 Å². The molecule has 0 bridgehead atoms. The summed E-state index contributed by atoms with van der Waals surface area (Å²) in [5, 5.41) is 0. The zero-order chi connectivity index (χ0) is 15.1. The van der Waals surface area contributed by atoms with E-state index in [1.807, 2.05) is 0 Å². The Morgan fingerprint density at radius 2 is 2.05 bits per heavy atom. The first-order valence-corrected chi connectivity index (χ1v) is 8.34. The SMILES string of the molecule is CCOC1CCCN(C(CC)(CN)Cc2ccccc2)C1. The highest BCUT2D eigenvalue weighted by molar-refractivity contribution is 5.18. The molecule has 1 aliphatic rings. The Hall–Kier alpha value is -0.900. The molecule has 1 heterocycles. The molecule has 1 fully saturated rings. The molecule has 2 atom stereocenters. The Kier molecular flexibility index (Phi) is 6.22. The standard InChI is InChI=1S/C18H30N2O/c1-3-18(15-19,13-16-9-6-5-7-10-16)20-12-8-11-17(14-20)21-4-2/h5-7,9-10,17H,3-4,8,11-15,19H2,1-2H3. The van der Waals surface area contributed by atoms with Gasteiger partial charge in [0, 0.05) is 25.2 Å². The fourth-order valence-corrected chi connectivity index (χ4v) is 3.52. The molecule has 1 saturated heterocycles. The van der Waals surface area contributed by atoms with E-state index in [9.17, 15) is 0 Å². The van der Waals surface area contributed by atoms with Gasteiger partial charge in [-0.25, -0.2) is 0 Å². The molecule has 3 nitrogen and oxygen atoms in total. The zero-order valence-corrected chi connectivity index (χ0v) is 13.6. The normalized spacial score (nSPS) is 22.9. The molecule has 2 N–H and O–H groups in total. The van der Waals surface area contributed by atoms with E-state index in [2.05, 4.69) is 49.1 Å². The predicted molar refractivity (Wildman–Crippen MR) is 88.4 cm³/mol. The van der Waals surface area contributed by atoms with Crippen molar-refractivity contribution < 1.29 is 4.74 Å². The largest absolute Gasteiger partial charge is 0.377 e. The number of benzene rings is 1. The van der Waals surface area contributed by atoms with Gasteiger partial charge in [-0.3, -0.25) is 4.90 Å².